The summed E-state index contributed by atoms with van der Waals surface area (Å²) in [4.78, 5) is 13.3. The number of halogens is 4. The zero-order chi connectivity index (χ0) is 16.8. The standard InChI is InChI=1S/C16H12F4N2O/c17-11-2-1-3-12(8-11)22-14(13(21)15(22)23)9-4-6-10(7-5-9)16(18,19)20/h1-8,13-14H,21H2/t13-,14+/m1/s1. The van der Waals surface area contributed by atoms with Crippen molar-refractivity contribution in [1.29, 1.82) is 0 Å². The van der Waals surface area contributed by atoms with Crippen LogP contribution in [0.15, 0.2) is 48.5 Å². The first-order valence-corrected chi connectivity index (χ1v) is 6.80. The molecule has 0 radical (unpaired) electrons. The molecule has 0 bridgehead atoms. The van der Waals surface area contributed by atoms with Crippen LogP contribution in [-0.4, -0.2) is 11.9 Å². The van der Waals surface area contributed by atoms with Crippen LogP contribution in [0.1, 0.15) is 17.2 Å². The fraction of sp³-hybridized carbons (Fsp3) is 0.188. The second kappa shape index (κ2) is 5.34. The molecule has 2 N–H and O–H groups in total. The Hall–Kier alpha value is -2.41. The van der Waals surface area contributed by atoms with E-state index in [0.717, 1.165) is 12.1 Å². The maximum Gasteiger partial charge on any atom is 0.416 e. The van der Waals surface area contributed by atoms with Crippen molar-refractivity contribution in [1.82, 2.24) is 0 Å². The number of nitrogens with zero attached hydrogens (tertiary/aromatic N) is 1. The van der Waals surface area contributed by atoms with Crippen molar-refractivity contribution in [3.05, 3.63) is 65.5 Å². The molecule has 0 unspecified atom stereocenters. The fourth-order valence-electron chi connectivity index (χ4n) is 2.65. The summed E-state index contributed by atoms with van der Waals surface area (Å²) in [5.41, 5.74) is 5.79. The Balaban J connectivity index is 1.93. The van der Waals surface area contributed by atoms with Crippen LogP contribution in [0.25, 0.3) is 0 Å². The number of amides is 1. The molecule has 2 aromatic carbocycles. The minimum atomic E-state index is -4.43. The molecule has 23 heavy (non-hydrogen) atoms. The lowest BCUT2D eigenvalue weighted by molar-refractivity contribution is -0.137. The third-order valence-electron chi connectivity index (χ3n) is 3.81. The second-order valence-corrected chi connectivity index (χ2v) is 5.28. The Bertz CT molecular complexity index is 742. The van der Waals surface area contributed by atoms with Crippen LogP contribution in [0, 0.1) is 5.82 Å². The summed E-state index contributed by atoms with van der Waals surface area (Å²) in [5.74, 6) is -0.914. The Labute approximate surface area is 129 Å². The highest BCUT2D eigenvalue weighted by molar-refractivity contribution is 6.05. The molecule has 120 valence electrons. The van der Waals surface area contributed by atoms with Crippen molar-refractivity contribution >= 4 is 11.6 Å². The number of hydrogen-bond acceptors (Lipinski definition) is 2. The van der Waals surface area contributed by atoms with Crippen molar-refractivity contribution in [2.24, 2.45) is 5.73 Å². The number of alkyl halides is 3. The molecule has 0 spiro atoms. The number of carbonyl (C=O) groups excluding carboxylic acids is 1. The molecule has 2 atom stereocenters. The van der Waals surface area contributed by atoms with E-state index in [1.165, 1.54) is 35.2 Å². The zero-order valence-electron chi connectivity index (χ0n) is 11.7. The van der Waals surface area contributed by atoms with E-state index in [-0.39, 0.29) is 0 Å². The van der Waals surface area contributed by atoms with Gasteiger partial charge in [-0.2, -0.15) is 13.2 Å². The fourth-order valence-corrected chi connectivity index (χ4v) is 2.65. The molecular weight excluding hydrogens is 312 g/mol. The van der Waals surface area contributed by atoms with Gasteiger partial charge < -0.3 is 10.6 Å². The highest BCUT2D eigenvalue weighted by atomic mass is 19.4. The van der Waals surface area contributed by atoms with Crippen LogP contribution >= 0.6 is 0 Å². The van der Waals surface area contributed by atoms with Gasteiger partial charge in [0.15, 0.2) is 0 Å². The molecule has 1 saturated heterocycles. The largest absolute Gasteiger partial charge is 0.416 e. The first-order chi connectivity index (χ1) is 10.8. The number of rotatable bonds is 2. The molecule has 1 aliphatic rings. The normalized spacial score (nSPS) is 21.3. The molecule has 1 aliphatic heterocycles. The predicted molar refractivity (Wildman–Crippen MR) is 76.0 cm³/mol. The average Bonchev–Trinajstić information content (AvgIpc) is 2.50. The lowest BCUT2D eigenvalue weighted by Crippen LogP contribution is -2.63. The quantitative estimate of drug-likeness (QED) is 0.681. The minimum Gasteiger partial charge on any atom is -0.318 e. The SMILES string of the molecule is N[C@H]1C(=O)N(c2cccc(F)c2)[C@H]1c1ccc(C(F)(F)F)cc1. The summed E-state index contributed by atoms with van der Waals surface area (Å²) < 4.78 is 51.2. The summed E-state index contributed by atoms with van der Waals surface area (Å²) in [6.07, 6.45) is -4.43. The van der Waals surface area contributed by atoms with Crippen LogP contribution in [0.5, 0.6) is 0 Å². The molecule has 0 aromatic heterocycles. The molecule has 3 nitrogen and oxygen atoms in total. The highest BCUT2D eigenvalue weighted by Gasteiger charge is 2.46. The lowest BCUT2D eigenvalue weighted by atomic mass is 9.88. The van der Waals surface area contributed by atoms with Gasteiger partial charge in [0.05, 0.1) is 11.6 Å². The second-order valence-electron chi connectivity index (χ2n) is 5.28. The van der Waals surface area contributed by atoms with Gasteiger partial charge in [0.25, 0.3) is 0 Å². The Morgan fingerprint density at radius 3 is 2.26 bits per heavy atom. The van der Waals surface area contributed by atoms with E-state index in [2.05, 4.69) is 0 Å². The van der Waals surface area contributed by atoms with Crippen molar-refractivity contribution < 1.29 is 22.4 Å². The van der Waals surface area contributed by atoms with Gasteiger partial charge >= 0.3 is 6.18 Å². The molecule has 7 heteroatoms. The predicted octanol–water partition coefficient (Wildman–Crippen LogP) is 3.26. The highest BCUT2D eigenvalue weighted by Crippen LogP contribution is 2.39. The van der Waals surface area contributed by atoms with E-state index < -0.39 is 35.5 Å². The number of benzene rings is 2. The molecular formula is C16H12F4N2O. The van der Waals surface area contributed by atoms with Crippen LogP contribution in [0.4, 0.5) is 23.2 Å². The van der Waals surface area contributed by atoms with Crippen LogP contribution in [0.2, 0.25) is 0 Å². The van der Waals surface area contributed by atoms with Gasteiger partial charge in [-0.25, -0.2) is 4.39 Å². The Kier molecular flexibility index (Phi) is 3.60. The molecule has 1 heterocycles. The summed E-state index contributed by atoms with van der Waals surface area (Å²) in [5, 5.41) is 0. The van der Waals surface area contributed by atoms with Gasteiger partial charge in [-0.05, 0) is 35.9 Å². The van der Waals surface area contributed by atoms with E-state index in [4.69, 9.17) is 5.73 Å². The van der Waals surface area contributed by atoms with E-state index in [1.807, 2.05) is 0 Å². The Morgan fingerprint density at radius 2 is 1.70 bits per heavy atom. The van der Waals surface area contributed by atoms with Crippen LogP contribution < -0.4 is 10.6 Å². The van der Waals surface area contributed by atoms with Gasteiger partial charge in [0, 0.05) is 5.69 Å². The first-order valence-electron chi connectivity index (χ1n) is 6.80. The summed E-state index contributed by atoms with van der Waals surface area (Å²) in [6, 6.07) is 8.38. The van der Waals surface area contributed by atoms with Crippen molar-refractivity contribution in [3.63, 3.8) is 0 Å². The average molecular weight is 324 g/mol. The van der Waals surface area contributed by atoms with E-state index in [1.54, 1.807) is 6.07 Å². The first kappa shape index (κ1) is 15.5. The summed E-state index contributed by atoms with van der Waals surface area (Å²) in [6.45, 7) is 0. The molecule has 1 amide bonds. The third kappa shape index (κ3) is 2.68. The number of anilines is 1. The van der Waals surface area contributed by atoms with Crippen LogP contribution in [-0.2, 0) is 11.0 Å². The van der Waals surface area contributed by atoms with Gasteiger partial charge in [-0.3, -0.25) is 4.79 Å². The van der Waals surface area contributed by atoms with E-state index >= 15 is 0 Å². The molecule has 1 fully saturated rings. The number of hydrogen-bond donors (Lipinski definition) is 1. The summed E-state index contributed by atoms with van der Waals surface area (Å²) in [7, 11) is 0. The minimum absolute atomic E-state index is 0.321. The van der Waals surface area contributed by atoms with E-state index in [9.17, 15) is 22.4 Å². The Morgan fingerprint density at radius 1 is 1.04 bits per heavy atom. The monoisotopic (exact) mass is 324 g/mol. The van der Waals surface area contributed by atoms with Gasteiger partial charge in [0.1, 0.15) is 11.9 Å². The molecule has 0 aliphatic carbocycles. The van der Waals surface area contributed by atoms with Crippen molar-refractivity contribution in [2.45, 2.75) is 18.3 Å². The maximum atomic E-state index is 13.3. The van der Waals surface area contributed by atoms with Gasteiger partial charge in [0.2, 0.25) is 5.91 Å². The lowest BCUT2D eigenvalue weighted by Gasteiger charge is -2.45. The van der Waals surface area contributed by atoms with Crippen LogP contribution in [0.3, 0.4) is 0 Å². The third-order valence-corrected chi connectivity index (χ3v) is 3.81. The van der Waals surface area contributed by atoms with Gasteiger partial charge in [-0.1, -0.05) is 18.2 Å². The molecule has 0 saturated carbocycles. The van der Waals surface area contributed by atoms with Crippen molar-refractivity contribution in [3.8, 4) is 0 Å². The summed E-state index contributed by atoms with van der Waals surface area (Å²) >= 11 is 0. The molecule has 3 rings (SSSR count). The number of β-lactam (4-membered cyclic amide) rings is 1. The number of carbonyl (C=O) groups is 1. The van der Waals surface area contributed by atoms with E-state index in [0.29, 0.717) is 11.3 Å². The number of nitrogens with two attached hydrogens (primary N) is 1. The van der Waals surface area contributed by atoms with Gasteiger partial charge in [-0.15, -0.1) is 0 Å². The zero-order valence-corrected chi connectivity index (χ0v) is 11.7. The smallest absolute Gasteiger partial charge is 0.318 e. The maximum absolute atomic E-state index is 13.3. The molecule has 2 aromatic rings. The van der Waals surface area contributed by atoms with Crippen molar-refractivity contribution in [2.75, 3.05) is 4.90 Å². The topological polar surface area (TPSA) is 46.3 Å².